The van der Waals surface area contributed by atoms with Crippen molar-refractivity contribution >= 4 is 35.1 Å². The standard InChI is InChI=1S/C16H13ClN4O7/c1-9-2-3-14(12(4-9)20(24)25)28-8-15(22)19-18-7-10-5-11(17)6-13(16(10)23)21(26)27/h2-7,23H,8H2,1H3,(H,19,22)/b18-7+. The quantitative estimate of drug-likeness (QED) is 0.405. The number of hydrogen-bond acceptors (Lipinski definition) is 8. The van der Waals surface area contributed by atoms with E-state index in [1.807, 2.05) is 0 Å². The summed E-state index contributed by atoms with van der Waals surface area (Å²) in [6, 6.07) is 6.45. The van der Waals surface area contributed by atoms with Gasteiger partial charge in [0.05, 0.1) is 16.1 Å². The van der Waals surface area contributed by atoms with E-state index in [1.54, 1.807) is 13.0 Å². The second kappa shape index (κ2) is 8.77. The summed E-state index contributed by atoms with van der Waals surface area (Å²) >= 11 is 5.74. The first kappa shape index (κ1) is 20.6. The van der Waals surface area contributed by atoms with Gasteiger partial charge < -0.3 is 9.84 Å². The smallest absolute Gasteiger partial charge is 0.312 e. The van der Waals surface area contributed by atoms with Gasteiger partial charge in [0, 0.05) is 22.7 Å². The van der Waals surface area contributed by atoms with Gasteiger partial charge in [-0.05, 0) is 24.6 Å². The Hall–Kier alpha value is -3.73. The number of aryl methyl sites for hydroxylation is 1. The summed E-state index contributed by atoms with van der Waals surface area (Å²) in [5.41, 5.74) is 1.74. The van der Waals surface area contributed by atoms with Gasteiger partial charge in [0.15, 0.2) is 12.4 Å². The Balaban J connectivity index is 2.02. The lowest BCUT2D eigenvalue weighted by molar-refractivity contribution is -0.386. The molecule has 2 N–H and O–H groups in total. The third-order valence-electron chi connectivity index (χ3n) is 3.34. The number of benzene rings is 2. The lowest BCUT2D eigenvalue weighted by atomic mass is 10.2. The van der Waals surface area contributed by atoms with E-state index in [0.29, 0.717) is 5.56 Å². The van der Waals surface area contributed by atoms with Crippen LogP contribution in [0.25, 0.3) is 0 Å². The Morgan fingerprint density at radius 2 is 1.93 bits per heavy atom. The lowest BCUT2D eigenvalue weighted by Crippen LogP contribution is -2.24. The highest BCUT2D eigenvalue weighted by Crippen LogP contribution is 2.32. The number of ether oxygens (including phenoxy) is 1. The molecule has 0 aliphatic heterocycles. The number of amides is 1. The summed E-state index contributed by atoms with van der Waals surface area (Å²) in [7, 11) is 0. The van der Waals surface area contributed by atoms with Gasteiger partial charge in [-0.2, -0.15) is 5.10 Å². The Morgan fingerprint density at radius 3 is 2.57 bits per heavy atom. The molecule has 0 radical (unpaired) electrons. The SMILES string of the molecule is Cc1ccc(OCC(=O)N/N=C/c2cc(Cl)cc([N+](=O)[O-])c2O)c([N+](=O)[O-])c1. The van der Waals surface area contributed by atoms with Gasteiger partial charge >= 0.3 is 11.4 Å². The maximum Gasteiger partial charge on any atom is 0.312 e. The van der Waals surface area contributed by atoms with Gasteiger partial charge in [0.25, 0.3) is 5.91 Å². The summed E-state index contributed by atoms with van der Waals surface area (Å²) in [5, 5.41) is 35.2. The lowest BCUT2D eigenvalue weighted by Gasteiger charge is -2.06. The molecule has 11 nitrogen and oxygen atoms in total. The van der Waals surface area contributed by atoms with Crippen LogP contribution in [0.15, 0.2) is 35.4 Å². The molecule has 0 heterocycles. The molecule has 0 atom stereocenters. The van der Waals surface area contributed by atoms with Crippen LogP contribution in [0.1, 0.15) is 11.1 Å². The Labute approximate surface area is 162 Å². The predicted octanol–water partition coefficient (Wildman–Crippen LogP) is 2.70. The topological polar surface area (TPSA) is 157 Å². The number of nitrogens with one attached hydrogen (secondary N) is 1. The highest BCUT2D eigenvalue weighted by atomic mass is 35.5. The number of nitro benzene ring substituents is 2. The largest absolute Gasteiger partial charge is 0.502 e. The van der Waals surface area contributed by atoms with Crippen LogP contribution in [-0.4, -0.2) is 33.7 Å². The van der Waals surface area contributed by atoms with Crippen molar-refractivity contribution < 1.29 is 24.5 Å². The average Bonchev–Trinajstić information content (AvgIpc) is 2.62. The number of hydrazone groups is 1. The van der Waals surface area contributed by atoms with Crippen LogP contribution in [0.4, 0.5) is 11.4 Å². The highest BCUT2D eigenvalue weighted by Gasteiger charge is 2.18. The number of aromatic hydroxyl groups is 1. The molecule has 0 saturated heterocycles. The maximum atomic E-state index is 11.8. The molecule has 1 amide bonds. The van der Waals surface area contributed by atoms with Crippen molar-refractivity contribution in [3.63, 3.8) is 0 Å². The number of hydrogen-bond donors (Lipinski definition) is 2. The first-order valence-corrected chi connectivity index (χ1v) is 7.93. The average molecular weight is 409 g/mol. The molecule has 28 heavy (non-hydrogen) atoms. The molecule has 0 fully saturated rings. The van der Waals surface area contributed by atoms with Gasteiger partial charge in [-0.25, -0.2) is 5.43 Å². The number of phenolic OH excluding ortho intramolecular Hbond substituents is 1. The third kappa shape index (κ3) is 5.14. The Kier molecular flexibility index (Phi) is 6.45. The van der Waals surface area contributed by atoms with Gasteiger partial charge in [-0.3, -0.25) is 25.0 Å². The number of nitrogens with zero attached hydrogens (tertiary/aromatic N) is 3. The van der Waals surface area contributed by atoms with E-state index in [-0.39, 0.29) is 22.0 Å². The van der Waals surface area contributed by atoms with E-state index >= 15 is 0 Å². The molecule has 2 aromatic carbocycles. The van der Waals surface area contributed by atoms with Crippen molar-refractivity contribution in [3.05, 3.63) is 66.7 Å². The summed E-state index contributed by atoms with van der Waals surface area (Å²) in [6.45, 7) is 1.11. The second-order valence-electron chi connectivity index (χ2n) is 5.43. The number of phenols is 1. The molecular formula is C16H13ClN4O7. The first-order chi connectivity index (χ1) is 13.2. The molecular weight excluding hydrogens is 396 g/mol. The zero-order chi connectivity index (χ0) is 20.8. The van der Waals surface area contributed by atoms with Crippen molar-refractivity contribution in [1.29, 1.82) is 0 Å². The summed E-state index contributed by atoms with van der Waals surface area (Å²) in [4.78, 5) is 32.1. The number of carbonyl (C=O) groups is 1. The van der Waals surface area contributed by atoms with Gasteiger partial charge in [0.2, 0.25) is 5.75 Å². The van der Waals surface area contributed by atoms with Crippen LogP contribution in [0.2, 0.25) is 5.02 Å². The maximum absolute atomic E-state index is 11.8. The zero-order valence-electron chi connectivity index (χ0n) is 14.3. The minimum absolute atomic E-state index is 0.00714. The Morgan fingerprint density at radius 1 is 1.25 bits per heavy atom. The molecule has 0 aromatic heterocycles. The van der Waals surface area contributed by atoms with Crippen LogP contribution in [0.3, 0.4) is 0 Å². The van der Waals surface area contributed by atoms with E-state index in [9.17, 15) is 30.1 Å². The van der Waals surface area contributed by atoms with E-state index in [4.69, 9.17) is 16.3 Å². The number of rotatable bonds is 7. The van der Waals surface area contributed by atoms with Crippen LogP contribution in [0, 0.1) is 27.2 Å². The van der Waals surface area contributed by atoms with Gasteiger partial charge in [0.1, 0.15) is 0 Å². The number of carbonyl (C=O) groups excluding carboxylic acids is 1. The van der Waals surface area contributed by atoms with E-state index in [1.165, 1.54) is 18.2 Å². The van der Waals surface area contributed by atoms with Crippen LogP contribution < -0.4 is 10.2 Å². The molecule has 0 saturated carbocycles. The third-order valence-corrected chi connectivity index (χ3v) is 3.56. The monoisotopic (exact) mass is 408 g/mol. The molecule has 2 rings (SSSR count). The molecule has 0 aliphatic rings. The van der Waals surface area contributed by atoms with E-state index < -0.39 is 33.8 Å². The van der Waals surface area contributed by atoms with Crippen molar-refractivity contribution in [2.45, 2.75) is 6.92 Å². The summed E-state index contributed by atoms with van der Waals surface area (Å²) in [5.74, 6) is -1.50. The molecule has 146 valence electrons. The van der Waals surface area contributed by atoms with E-state index in [0.717, 1.165) is 12.3 Å². The number of halogens is 1. The molecule has 0 unspecified atom stereocenters. The minimum atomic E-state index is -0.820. The normalized spacial score (nSPS) is 10.6. The fourth-order valence-electron chi connectivity index (χ4n) is 2.08. The van der Waals surface area contributed by atoms with E-state index in [2.05, 4.69) is 10.5 Å². The first-order valence-electron chi connectivity index (χ1n) is 7.55. The fourth-order valence-corrected chi connectivity index (χ4v) is 2.31. The second-order valence-corrected chi connectivity index (χ2v) is 5.87. The highest BCUT2D eigenvalue weighted by molar-refractivity contribution is 6.31. The molecule has 0 aliphatic carbocycles. The van der Waals surface area contributed by atoms with Crippen LogP contribution in [0.5, 0.6) is 11.5 Å². The van der Waals surface area contributed by atoms with Crippen molar-refractivity contribution in [2.75, 3.05) is 6.61 Å². The molecule has 0 spiro atoms. The zero-order valence-corrected chi connectivity index (χ0v) is 15.0. The predicted molar refractivity (Wildman–Crippen MR) is 98.8 cm³/mol. The van der Waals surface area contributed by atoms with Crippen molar-refractivity contribution in [1.82, 2.24) is 5.43 Å². The van der Waals surface area contributed by atoms with Crippen molar-refractivity contribution in [3.8, 4) is 11.5 Å². The van der Waals surface area contributed by atoms with Gasteiger partial charge in [-0.1, -0.05) is 17.7 Å². The van der Waals surface area contributed by atoms with Crippen LogP contribution in [-0.2, 0) is 4.79 Å². The summed E-state index contributed by atoms with van der Waals surface area (Å²) < 4.78 is 5.12. The molecule has 12 heteroatoms. The molecule has 0 bridgehead atoms. The van der Waals surface area contributed by atoms with Gasteiger partial charge in [-0.15, -0.1) is 0 Å². The number of nitro groups is 2. The van der Waals surface area contributed by atoms with Crippen molar-refractivity contribution in [2.24, 2.45) is 5.10 Å². The Bertz CT molecular complexity index is 978. The fraction of sp³-hybridized carbons (Fsp3) is 0.125. The summed E-state index contributed by atoms with van der Waals surface area (Å²) in [6.07, 6.45) is 0.959. The minimum Gasteiger partial charge on any atom is -0.502 e. The molecule has 2 aromatic rings. The van der Waals surface area contributed by atoms with Crippen LogP contribution >= 0.6 is 11.6 Å².